The Kier molecular flexibility index (Phi) is 6.83. The Labute approximate surface area is 232 Å². The lowest BCUT2D eigenvalue weighted by atomic mass is 10.0. The Balaban J connectivity index is 1.63. The molecule has 1 N–H and O–H groups in total. The Morgan fingerprint density at radius 2 is 1.72 bits per heavy atom. The van der Waals surface area contributed by atoms with Crippen LogP contribution < -0.4 is 4.90 Å². The zero-order chi connectivity index (χ0) is 28.0. The van der Waals surface area contributed by atoms with Gasteiger partial charge in [0.05, 0.1) is 10.6 Å². The van der Waals surface area contributed by atoms with Gasteiger partial charge in [0.2, 0.25) is 5.95 Å². The largest absolute Gasteiger partial charge is 0.480 e. The van der Waals surface area contributed by atoms with E-state index in [2.05, 4.69) is 10.2 Å². The van der Waals surface area contributed by atoms with Crippen LogP contribution in [0.1, 0.15) is 42.7 Å². The number of aromatic nitrogens is 4. The number of nitrogens with zero attached hydrogens (tertiary/aromatic N) is 5. The second-order valence-corrected chi connectivity index (χ2v) is 10.7. The molecule has 0 aliphatic rings. The number of hydrogen-bond donors (Lipinski definition) is 1. The SMILES string of the molecule is Cc1sc(-n2c(C)nnc2N(C)C(=O)c2cc3ccccc3n2CC(=O)O)c(C(=O)c2ccccc2Cl)c1C. The summed E-state index contributed by atoms with van der Waals surface area (Å²) < 4.78 is 3.15. The van der Waals surface area contributed by atoms with Crippen LogP contribution in [-0.2, 0) is 11.3 Å². The lowest BCUT2D eigenvalue weighted by molar-refractivity contribution is -0.137. The summed E-state index contributed by atoms with van der Waals surface area (Å²) in [4.78, 5) is 41.4. The molecule has 0 saturated carbocycles. The van der Waals surface area contributed by atoms with E-state index in [0.29, 0.717) is 32.5 Å². The van der Waals surface area contributed by atoms with Crippen molar-refractivity contribution in [3.8, 4) is 5.00 Å². The van der Waals surface area contributed by atoms with Crippen molar-refractivity contribution in [2.24, 2.45) is 0 Å². The van der Waals surface area contributed by atoms with Crippen molar-refractivity contribution in [2.45, 2.75) is 27.3 Å². The number of ketones is 1. The van der Waals surface area contributed by atoms with Crippen LogP contribution in [0.3, 0.4) is 0 Å². The highest BCUT2D eigenvalue weighted by molar-refractivity contribution is 7.15. The maximum Gasteiger partial charge on any atom is 0.323 e. The molecule has 198 valence electrons. The fraction of sp³-hybridized carbons (Fsp3) is 0.179. The molecule has 0 unspecified atom stereocenters. The van der Waals surface area contributed by atoms with Crippen LogP contribution in [-0.4, -0.2) is 49.1 Å². The quantitative estimate of drug-likeness (QED) is 0.264. The van der Waals surface area contributed by atoms with Gasteiger partial charge in [0, 0.05) is 28.4 Å². The summed E-state index contributed by atoms with van der Waals surface area (Å²) >= 11 is 7.76. The number of carboxylic acid groups (broad SMARTS) is 1. The van der Waals surface area contributed by atoms with Crippen molar-refractivity contribution in [3.05, 3.63) is 92.7 Å². The summed E-state index contributed by atoms with van der Waals surface area (Å²) in [6.07, 6.45) is 0. The predicted octanol–water partition coefficient (Wildman–Crippen LogP) is 5.45. The average Bonchev–Trinajstić information content (AvgIpc) is 3.56. The molecule has 3 aromatic heterocycles. The highest BCUT2D eigenvalue weighted by Crippen LogP contribution is 2.36. The monoisotopic (exact) mass is 561 g/mol. The third-order valence-electron chi connectivity index (χ3n) is 6.65. The van der Waals surface area contributed by atoms with Crippen LogP contribution >= 0.6 is 22.9 Å². The van der Waals surface area contributed by atoms with Crippen LogP contribution in [0.25, 0.3) is 15.9 Å². The molecule has 1 amide bonds. The number of halogens is 1. The van der Waals surface area contributed by atoms with Gasteiger partial charge in [-0.15, -0.1) is 21.5 Å². The van der Waals surface area contributed by atoms with Gasteiger partial charge < -0.3 is 9.67 Å². The number of hydrogen-bond acceptors (Lipinski definition) is 6. The number of rotatable bonds is 7. The topological polar surface area (TPSA) is 110 Å². The third-order valence-corrected chi connectivity index (χ3v) is 8.17. The summed E-state index contributed by atoms with van der Waals surface area (Å²) in [6.45, 7) is 5.15. The van der Waals surface area contributed by atoms with Crippen molar-refractivity contribution in [2.75, 3.05) is 11.9 Å². The van der Waals surface area contributed by atoms with Crippen molar-refractivity contribution in [1.29, 1.82) is 0 Å². The van der Waals surface area contributed by atoms with E-state index in [1.807, 2.05) is 26.0 Å². The third kappa shape index (κ3) is 4.51. The maximum absolute atomic E-state index is 13.8. The lowest BCUT2D eigenvalue weighted by Crippen LogP contribution is -2.31. The first-order valence-electron chi connectivity index (χ1n) is 12.0. The van der Waals surface area contributed by atoms with E-state index < -0.39 is 11.9 Å². The number of fused-ring (bicyclic) bond motifs is 1. The van der Waals surface area contributed by atoms with Crippen molar-refractivity contribution < 1.29 is 19.5 Å². The maximum atomic E-state index is 13.8. The van der Waals surface area contributed by atoms with Gasteiger partial charge in [0.1, 0.15) is 23.1 Å². The molecule has 5 rings (SSSR count). The normalized spacial score (nSPS) is 11.2. The molecule has 5 aromatic rings. The minimum absolute atomic E-state index is 0.194. The van der Waals surface area contributed by atoms with Gasteiger partial charge in [-0.3, -0.25) is 23.9 Å². The molecule has 3 heterocycles. The van der Waals surface area contributed by atoms with Crippen molar-refractivity contribution in [1.82, 2.24) is 19.3 Å². The highest BCUT2D eigenvalue weighted by atomic mass is 35.5. The molecular formula is C28H24ClN5O4S. The summed E-state index contributed by atoms with van der Waals surface area (Å²) in [5.74, 6) is -1.11. The Hall–Kier alpha value is -4.28. The van der Waals surface area contributed by atoms with E-state index in [1.165, 1.54) is 20.8 Å². The standard InChI is InChI=1S/C28H24ClN5O4S/c1-15-16(2)39-27(24(15)25(37)19-10-6-7-11-20(19)29)34-17(3)30-31-28(34)32(4)26(38)22-13-18-9-5-8-12-21(18)33(22)14-23(35)36/h5-13H,14H2,1-4H3,(H,35,36). The van der Waals surface area contributed by atoms with Gasteiger partial charge in [0.15, 0.2) is 5.78 Å². The van der Waals surface area contributed by atoms with E-state index in [4.69, 9.17) is 11.6 Å². The first kappa shape index (κ1) is 26.3. The summed E-state index contributed by atoms with van der Waals surface area (Å²) in [6, 6.07) is 15.7. The molecule has 0 spiro atoms. The molecule has 11 heteroatoms. The van der Waals surface area contributed by atoms with Crippen LogP contribution in [0, 0.1) is 20.8 Å². The lowest BCUT2D eigenvalue weighted by Gasteiger charge is -2.19. The molecule has 0 radical (unpaired) electrons. The minimum atomic E-state index is -1.07. The second kappa shape index (κ2) is 10.1. The molecule has 39 heavy (non-hydrogen) atoms. The average molecular weight is 562 g/mol. The molecule has 9 nitrogen and oxygen atoms in total. The first-order chi connectivity index (χ1) is 18.6. The Bertz CT molecular complexity index is 1780. The second-order valence-electron chi connectivity index (χ2n) is 9.09. The van der Waals surface area contributed by atoms with Gasteiger partial charge in [-0.1, -0.05) is 41.9 Å². The molecular weight excluding hydrogens is 538 g/mol. The summed E-state index contributed by atoms with van der Waals surface area (Å²) in [7, 11) is 1.55. The Morgan fingerprint density at radius 1 is 1.03 bits per heavy atom. The van der Waals surface area contributed by atoms with Gasteiger partial charge in [-0.2, -0.15) is 0 Å². The Morgan fingerprint density at radius 3 is 2.44 bits per heavy atom. The fourth-order valence-electron chi connectivity index (χ4n) is 4.58. The molecule has 0 atom stereocenters. The minimum Gasteiger partial charge on any atom is -0.480 e. The predicted molar refractivity (Wildman–Crippen MR) is 151 cm³/mol. The summed E-state index contributed by atoms with van der Waals surface area (Å²) in [5, 5.41) is 19.7. The van der Waals surface area contributed by atoms with E-state index in [-0.39, 0.29) is 24.0 Å². The number of aryl methyl sites for hydroxylation is 2. The van der Waals surface area contributed by atoms with E-state index in [0.717, 1.165) is 15.8 Å². The molecule has 0 fully saturated rings. The number of thiophene rings is 1. The van der Waals surface area contributed by atoms with Crippen LogP contribution in [0.2, 0.25) is 5.02 Å². The number of aliphatic carboxylic acids is 1. The fourth-order valence-corrected chi connectivity index (χ4v) is 6.00. The molecule has 0 aliphatic heterocycles. The van der Waals surface area contributed by atoms with Crippen molar-refractivity contribution in [3.63, 3.8) is 0 Å². The molecule has 0 bridgehead atoms. The molecule has 0 saturated heterocycles. The molecule has 2 aromatic carbocycles. The van der Waals surface area contributed by atoms with Gasteiger partial charge in [-0.05, 0) is 50.6 Å². The first-order valence-corrected chi connectivity index (χ1v) is 13.2. The van der Waals surface area contributed by atoms with E-state index in [9.17, 15) is 19.5 Å². The van der Waals surface area contributed by atoms with Gasteiger partial charge in [0.25, 0.3) is 5.91 Å². The van der Waals surface area contributed by atoms with Crippen LogP contribution in [0.5, 0.6) is 0 Å². The number of amides is 1. The number of carbonyl (C=O) groups excluding carboxylic acids is 2. The highest BCUT2D eigenvalue weighted by Gasteiger charge is 2.30. The van der Waals surface area contributed by atoms with Crippen LogP contribution in [0.15, 0.2) is 54.6 Å². The number of carbonyl (C=O) groups is 3. The number of benzene rings is 2. The van der Waals surface area contributed by atoms with Gasteiger partial charge in [-0.25, -0.2) is 0 Å². The number of carboxylic acids is 1. The summed E-state index contributed by atoms with van der Waals surface area (Å²) in [5.41, 5.74) is 2.45. The zero-order valence-electron chi connectivity index (χ0n) is 21.6. The number of para-hydroxylation sites is 1. The van der Waals surface area contributed by atoms with Crippen LogP contribution in [0.4, 0.5) is 5.95 Å². The zero-order valence-corrected chi connectivity index (χ0v) is 23.2. The number of anilines is 1. The van der Waals surface area contributed by atoms with Crippen molar-refractivity contribution >= 4 is 57.4 Å². The van der Waals surface area contributed by atoms with E-state index >= 15 is 0 Å². The van der Waals surface area contributed by atoms with E-state index in [1.54, 1.807) is 61.0 Å². The van der Waals surface area contributed by atoms with Gasteiger partial charge >= 0.3 is 5.97 Å². The smallest absolute Gasteiger partial charge is 0.323 e. The molecule has 0 aliphatic carbocycles.